The second-order valence-electron chi connectivity index (χ2n) is 5.42. The largest absolute Gasteiger partial charge is 0.300 e. The maximum atomic E-state index is 13.7. The van der Waals surface area contributed by atoms with Crippen molar-refractivity contribution in [2.24, 2.45) is 0 Å². The predicted molar refractivity (Wildman–Crippen MR) is 112 cm³/mol. The second-order valence-corrected chi connectivity index (χ2v) is 9.05. The van der Waals surface area contributed by atoms with Gasteiger partial charge in [0.25, 0.3) is 0 Å². The summed E-state index contributed by atoms with van der Waals surface area (Å²) in [5.74, 6) is 0.842. The van der Waals surface area contributed by atoms with Crippen molar-refractivity contribution in [1.82, 2.24) is 10.2 Å². The number of aromatic nitrogens is 2. The number of carbonyl (C=O) groups is 1. The molecule has 4 nitrogen and oxygen atoms in total. The number of amides is 1. The van der Waals surface area contributed by atoms with E-state index >= 15 is 0 Å². The third-order valence-electron chi connectivity index (χ3n) is 3.36. The van der Waals surface area contributed by atoms with E-state index in [9.17, 15) is 9.18 Å². The van der Waals surface area contributed by atoms with Crippen LogP contribution in [-0.2, 0) is 16.3 Å². The summed E-state index contributed by atoms with van der Waals surface area (Å²) in [7, 11) is 0. The van der Waals surface area contributed by atoms with Gasteiger partial charge in [0.2, 0.25) is 11.0 Å². The van der Waals surface area contributed by atoms with Gasteiger partial charge in [-0.05, 0) is 23.3 Å². The molecule has 0 aliphatic heterocycles. The van der Waals surface area contributed by atoms with Crippen LogP contribution in [-0.4, -0.2) is 21.9 Å². The third-order valence-corrected chi connectivity index (χ3v) is 6.62. The highest BCUT2D eigenvalue weighted by Gasteiger charge is 2.10. The van der Waals surface area contributed by atoms with Crippen LogP contribution in [0.1, 0.15) is 11.1 Å². The fourth-order valence-corrected chi connectivity index (χ4v) is 4.78. The lowest BCUT2D eigenvalue weighted by molar-refractivity contribution is -0.113. The maximum absolute atomic E-state index is 13.7. The Bertz CT molecular complexity index is 908. The Hall–Kier alpha value is -1.61. The van der Waals surface area contributed by atoms with Gasteiger partial charge in [0.1, 0.15) is 5.82 Å². The number of nitrogens with zero attached hydrogens (tertiary/aromatic N) is 2. The molecule has 1 N–H and O–H groups in total. The number of halogens is 2. The molecule has 0 radical (unpaired) electrons. The van der Waals surface area contributed by atoms with E-state index < -0.39 is 0 Å². The molecule has 0 saturated heterocycles. The van der Waals surface area contributed by atoms with Crippen LogP contribution in [0.5, 0.6) is 0 Å². The molecule has 2 aromatic carbocycles. The van der Waals surface area contributed by atoms with E-state index in [1.165, 1.54) is 34.7 Å². The van der Waals surface area contributed by atoms with Gasteiger partial charge in [0.05, 0.1) is 5.75 Å². The van der Waals surface area contributed by atoms with Gasteiger partial charge in [-0.2, -0.15) is 0 Å². The topological polar surface area (TPSA) is 54.9 Å². The molecule has 0 unspecified atom stereocenters. The van der Waals surface area contributed by atoms with Crippen LogP contribution in [0, 0.1) is 5.82 Å². The van der Waals surface area contributed by atoms with Crippen LogP contribution in [0.15, 0.2) is 52.9 Å². The molecule has 3 aromatic rings. The maximum Gasteiger partial charge on any atom is 0.236 e. The van der Waals surface area contributed by atoms with E-state index in [2.05, 4.69) is 27.6 Å². The van der Waals surface area contributed by atoms with Crippen molar-refractivity contribution < 1.29 is 9.18 Å². The van der Waals surface area contributed by atoms with Gasteiger partial charge in [-0.3, -0.25) is 10.1 Å². The Morgan fingerprint density at radius 2 is 1.96 bits per heavy atom. The molecule has 140 valence electrons. The molecule has 0 bridgehead atoms. The fraction of sp³-hybridized carbons (Fsp3) is 0.167. The van der Waals surface area contributed by atoms with E-state index in [4.69, 9.17) is 11.6 Å². The molecule has 0 atom stereocenters. The summed E-state index contributed by atoms with van der Waals surface area (Å²) in [5.41, 5.74) is 1.72. The molecular weight excluding hydrogens is 425 g/mol. The average Bonchev–Trinajstić information content (AvgIpc) is 3.10. The van der Waals surface area contributed by atoms with Crippen molar-refractivity contribution in [3.63, 3.8) is 0 Å². The van der Waals surface area contributed by atoms with E-state index in [1.54, 1.807) is 23.9 Å². The van der Waals surface area contributed by atoms with E-state index in [0.29, 0.717) is 21.5 Å². The minimum Gasteiger partial charge on any atom is -0.300 e. The lowest BCUT2D eigenvalue weighted by Crippen LogP contribution is -2.14. The Kier molecular flexibility index (Phi) is 7.51. The zero-order valence-corrected chi connectivity index (χ0v) is 17.2. The number of benzene rings is 2. The molecule has 3 rings (SSSR count). The average molecular weight is 440 g/mol. The van der Waals surface area contributed by atoms with Gasteiger partial charge in [0, 0.05) is 16.5 Å². The first kappa shape index (κ1) is 20.1. The number of rotatable bonds is 8. The summed E-state index contributed by atoms with van der Waals surface area (Å²) in [4.78, 5) is 12.0. The minimum atomic E-state index is -0.361. The van der Waals surface area contributed by atoms with Gasteiger partial charge < -0.3 is 0 Å². The summed E-state index contributed by atoms with van der Waals surface area (Å²) in [6, 6.07) is 14.6. The first-order chi connectivity index (χ1) is 13.1. The summed E-state index contributed by atoms with van der Waals surface area (Å²) >= 11 is 9.97. The van der Waals surface area contributed by atoms with E-state index in [1.807, 2.05) is 18.2 Å². The van der Waals surface area contributed by atoms with Crippen LogP contribution < -0.4 is 5.32 Å². The van der Waals surface area contributed by atoms with Crippen molar-refractivity contribution in [1.29, 1.82) is 0 Å². The summed E-state index contributed by atoms with van der Waals surface area (Å²) in [6.07, 6.45) is 0. The Labute approximate surface area is 173 Å². The zero-order chi connectivity index (χ0) is 19.1. The molecule has 0 aliphatic carbocycles. The van der Waals surface area contributed by atoms with Gasteiger partial charge in [-0.1, -0.05) is 71.1 Å². The molecule has 27 heavy (non-hydrogen) atoms. The van der Waals surface area contributed by atoms with Crippen molar-refractivity contribution in [2.75, 3.05) is 11.1 Å². The number of hydrogen-bond acceptors (Lipinski definition) is 6. The minimum absolute atomic E-state index is 0.190. The monoisotopic (exact) mass is 439 g/mol. The Balaban J connectivity index is 1.42. The lowest BCUT2D eigenvalue weighted by Gasteiger charge is -2.04. The standard InChI is InChI=1S/C18H15ClFN3OS3/c19-14-7-6-13(15(20)8-14)10-25-11-16(24)21-17-22-23-18(27-17)26-9-12-4-2-1-3-5-12/h1-8H,9-11H2,(H,21,22,24). The van der Waals surface area contributed by atoms with Crippen LogP contribution in [0.4, 0.5) is 9.52 Å². The molecule has 0 aliphatic rings. The van der Waals surface area contributed by atoms with Gasteiger partial charge in [-0.25, -0.2) is 4.39 Å². The number of nitrogens with one attached hydrogen (secondary N) is 1. The van der Waals surface area contributed by atoms with Crippen LogP contribution >= 0.6 is 46.5 Å². The van der Waals surface area contributed by atoms with E-state index in [0.717, 1.165) is 10.1 Å². The summed E-state index contributed by atoms with van der Waals surface area (Å²) in [6.45, 7) is 0. The molecular formula is C18H15ClFN3OS3. The highest BCUT2D eigenvalue weighted by atomic mass is 35.5. The normalized spacial score (nSPS) is 10.7. The van der Waals surface area contributed by atoms with Crippen molar-refractivity contribution in [3.8, 4) is 0 Å². The van der Waals surface area contributed by atoms with Crippen LogP contribution in [0.3, 0.4) is 0 Å². The van der Waals surface area contributed by atoms with Crippen LogP contribution in [0.25, 0.3) is 0 Å². The molecule has 0 fully saturated rings. The van der Waals surface area contributed by atoms with Crippen molar-refractivity contribution in [2.45, 2.75) is 15.8 Å². The predicted octanol–water partition coefficient (Wildman–Crippen LogP) is 5.49. The fourth-order valence-electron chi connectivity index (χ4n) is 2.09. The molecule has 1 amide bonds. The van der Waals surface area contributed by atoms with Gasteiger partial charge in [0.15, 0.2) is 4.34 Å². The number of carbonyl (C=O) groups excluding carboxylic acids is 1. The first-order valence-electron chi connectivity index (χ1n) is 7.92. The third kappa shape index (κ3) is 6.49. The van der Waals surface area contributed by atoms with E-state index in [-0.39, 0.29) is 17.5 Å². The smallest absolute Gasteiger partial charge is 0.236 e. The highest BCUT2D eigenvalue weighted by molar-refractivity contribution is 8.00. The molecule has 9 heteroatoms. The lowest BCUT2D eigenvalue weighted by atomic mass is 10.2. The zero-order valence-electron chi connectivity index (χ0n) is 14.0. The van der Waals surface area contributed by atoms with Crippen molar-refractivity contribution >= 4 is 57.5 Å². The quantitative estimate of drug-likeness (QED) is 0.371. The molecule has 1 heterocycles. The highest BCUT2D eigenvalue weighted by Crippen LogP contribution is 2.28. The number of anilines is 1. The van der Waals surface area contributed by atoms with Gasteiger partial charge in [-0.15, -0.1) is 22.0 Å². The number of thioether (sulfide) groups is 2. The summed E-state index contributed by atoms with van der Waals surface area (Å²) in [5, 5.41) is 11.6. The number of hydrogen-bond donors (Lipinski definition) is 1. The SMILES string of the molecule is O=C(CSCc1ccc(Cl)cc1F)Nc1nnc(SCc2ccccc2)s1. The molecule has 1 aromatic heterocycles. The first-order valence-corrected chi connectivity index (χ1v) is 11.3. The Morgan fingerprint density at radius 3 is 2.74 bits per heavy atom. The second kappa shape index (κ2) is 10.1. The molecule has 0 spiro atoms. The van der Waals surface area contributed by atoms with Gasteiger partial charge >= 0.3 is 0 Å². The van der Waals surface area contributed by atoms with Crippen molar-refractivity contribution in [3.05, 3.63) is 70.5 Å². The summed E-state index contributed by atoms with van der Waals surface area (Å²) < 4.78 is 14.5. The molecule has 0 saturated carbocycles. The van der Waals surface area contributed by atoms with Crippen LogP contribution in [0.2, 0.25) is 5.02 Å². The Morgan fingerprint density at radius 1 is 1.15 bits per heavy atom.